The van der Waals surface area contributed by atoms with Gasteiger partial charge < -0.3 is 5.32 Å². The number of unbranched alkanes of at least 4 members (excludes halogenated alkanes) is 5. The van der Waals surface area contributed by atoms with Crippen LogP contribution in [0.15, 0.2) is 6.07 Å². The lowest BCUT2D eigenvalue weighted by atomic mass is 9.97. The highest BCUT2D eigenvalue weighted by Gasteiger charge is 2.14. The van der Waals surface area contributed by atoms with E-state index in [9.17, 15) is 0 Å². The fourth-order valence-corrected chi connectivity index (χ4v) is 2.69. The van der Waals surface area contributed by atoms with Gasteiger partial charge in [0, 0.05) is 6.04 Å². The molecule has 0 aliphatic rings. The topological polar surface area (TPSA) is 37.8 Å². The standard InChI is InChI=1S/C17H31N3/c1-5-7-8-9-10-11-12-17(18-4)15-13-14(3)19-20-16(15)6-2/h13,17-18H,5-12H2,1-4H3. The smallest absolute Gasteiger partial charge is 0.0676 e. The molecule has 1 unspecified atom stereocenters. The summed E-state index contributed by atoms with van der Waals surface area (Å²) >= 11 is 0. The van der Waals surface area contributed by atoms with E-state index in [1.165, 1.54) is 50.5 Å². The van der Waals surface area contributed by atoms with Gasteiger partial charge in [-0.3, -0.25) is 0 Å². The lowest BCUT2D eigenvalue weighted by Gasteiger charge is -2.19. The summed E-state index contributed by atoms with van der Waals surface area (Å²) in [5.41, 5.74) is 3.50. The van der Waals surface area contributed by atoms with Crippen LogP contribution < -0.4 is 5.32 Å². The molecule has 0 aliphatic carbocycles. The normalized spacial score (nSPS) is 12.6. The first-order chi connectivity index (χ1) is 9.72. The van der Waals surface area contributed by atoms with Gasteiger partial charge in [-0.05, 0) is 38.4 Å². The number of rotatable bonds is 10. The summed E-state index contributed by atoms with van der Waals surface area (Å²) < 4.78 is 0. The summed E-state index contributed by atoms with van der Waals surface area (Å²) in [5.74, 6) is 0. The molecule has 1 N–H and O–H groups in total. The van der Waals surface area contributed by atoms with Crippen molar-refractivity contribution in [3.05, 3.63) is 23.0 Å². The molecular formula is C17H31N3. The van der Waals surface area contributed by atoms with E-state index in [0.717, 1.165) is 17.8 Å². The van der Waals surface area contributed by atoms with Crippen LogP contribution in [0.1, 0.15) is 81.8 Å². The molecule has 1 aromatic rings. The van der Waals surface area contributed by atoms with Crippen molar-refractivity contribution in [2.24, 2.45) is 0 Å². The third-order valence-electron chi connectivity index (χ3n) is 3.93. The van der Waals surface area contributed by atoms with Crippen LogP contribution in [0.25, 0.3) is 0 Å². The molecule has 3 heteroatoms. The van der Waals surface area contributed by atoms with Gasteiger partial charge in [-0.1, -0.05) is 52.4 Å². The quantitative estimate of drug-likeness (QED) is 0.646. The molecule has 0 saturated carbocycles. The Morgan fingerprint density at radius 3 is 2.40 bits per heavy atom. The van der Waals surface area contributed by atoms with Gasteiger partial charge in [0.15, 0.2) is 0 Å². The molecular weight excluding hydrogens is 246 g/mol. The summed E-state index contributed by atoms with van der Waals surface area (Å²) in [5, 5.41) is 12.0. The highest BCUT2D eigenvalue weighted by molar-refractivity contribution is 5.24. The maximum absolute atomic E-state index is 4.34. The Kier molecular flexibility index (Phi) is 8.43. The molecule has 0 amide bonds. The molecule has 0 bridgehead atoms. The minimum absolute atomic E-state index is 0.422. The Hall–Kier alpha value is -0.960. The highest BCUT2D eigenvalue weighted by Crippen LogP contribution is 2.23. The summed E-state index contributed by atoms with van der Waals surface area (Å²) in [7, 11) is 2.05. The van der Waals surface area contributed by atoms with Gasteiger partial charge in [0.2, 0.25) is 0 Å². The second kappa shape index (κ2) is 9.87. The first-order valence-corrected chi connectivity index (χ1v) is 8.23. The second-order valence-electron chi connectivity index (χ2n) is 5.64. The monoisotopic (exact) mass is 277 g/mol. The summed E-state index contributed by atoms with van der Waals surface area (Å²) in [4.78, 5) is 0. The molecule has 0 saturated heterocycles. The van der Waals surface area contributed by atoms with Crippen LogP contribution in [0.3, 0.4) is 0 Å². The van der Waals surface area contributed by atoms with Crippen LogP contribution in [0.5, 0.6) is 0 Å². The maximum Gasteiger partial charge on any atom is 0.0676 e. The number of nitrogens with zero attached hydrogens (tertiary/aromatic N) is 2. The van der Waals surface area contributed by atoms with E-state index >= 15 is 0 Å². The lowest BCUT2D eigenvalue weighted by Crippen LogP contribution is -2.19. The Balaban J connectivity index is 2.51. The Bertz CT molecular complexity index is 376. The van der Waals surface area contributed by atoms with Gasteiger partial charge >= 0.3 is 0 Å². The van der Waals surface area contributed by atoms with Crippen molar-refractivity contribution in [1.82, 2.24) is 15.5 Å². The summed E-state index contributed by atoms with van der Waals surface area (Å²) in [6.07, 6.45) is 10.2. The number of aryl methyl sites for hydroxylation is 2. The molecule has 3 nitrogen and oxygen atoms in total. The second-order valence-corrected chi connectivity index (χ2v) is 5.64. The molecule has 0 radical (unpaired) electrons. The minimum Gasteiger partial charge on any atom is -0.313 e. The van der Waals surface area contributed by atoms with Crippen LogP contribution in [0.2, 0.25) is 0 Å². The van der Waals surface area contributed by atoms with Gasteiger partial charge in [-0.2, -0.15) is 10.2 Å². The van der Waals surface area contributed by atoms with Crippen molar-refractivity contribution in [2.75, 3.05) is 7.05 Å². The van der Waals surface area contributed by atoms with E-state index in [2.05, 4.69) is 42.5 Å². The van der Waals surface area contributed by atoms with Crippen LogP contribution in [0.4, 0.5) is 0 Å². The van der Waals surface area contributed by atoms with Crippen LogP contribution in [0, 0.1) is 6.92 Å². The molecule has 1 aromatic heterocycles. The van der Waals surface area contributed by atoms with Crippen molar-refractivity contribution in [3.63, 3.8) is 0 Å². The van der Waals surface area contributed by atoms with Crippen molar-refractivity contribution in [2.45, 2.75) is 78.2 Å². The molecule has 1 rings (SSSR count). The van der Waals surface area contributed by atoms with Crippen molar-refractivity contribution < 1.29 is 0 Å². The number of nitrogens with one attached hydrogen (secondary N) is 1. The van der Waals surface area contributed by atoms with Crippen molar-refractivity contribution in [3.8, 4) is 0 Å². The maximum atomic E-state index is 4.34. The third-order valence-corrected chi connectivity index (χ3v) is 3.93. The molecule has 0 aromatic carbocycles. The van der Waals surface area contributed by atoms with E-state index in [-0.39, 0.29) is 0 Å². The van der Waals surface area contributed by atoms with Gasteiger partial charge in [-0.15, -0.1) is 0 Å². The van der Waals surface area contributed by atoms with Gasteiger partial charge in [0.05, 0.1) is 11.4 Å². The summed E-state index contributed by atoms with van der Waals surface area (Å²) in [6, 6.07) is 2.62. The SMILES string of the molecule is CCCCCCCCC(NC)c1cc(C)nnc1CC. The first kappa shape index (κ1) is 17.1. The van der Waals surface area contributed by atoms with E-state index in [4.69, 9.17) is 0 Å². The largest absolute Gasteiger partial charge is 0.313 e. The fraction of sp³-hybridized carbons (Fsp3) is 0.765. The van der Waals surface area contributed by atoms with E-state index in [1.807, 2.05) is 6.92 Å². The minimum atomic E-state index is 0.422. The molecule has 0 fully saturated rings. The molecule has 1 atom stereocenters. The number of hydrogen-bond donors (Lipinski definition) is 1. The molecule has 20 heavy (non-hydrogen) atoms. The Morgan fingerprint density at radius 2 is 1.75 bits per heavy atom. The van der Waals surface area contributed by atoms with Crippen LogP contribution in [-0.4, -0.2) is 17.2 Å². The zero-order chi connectivity index (χ0) is 14.8. The van der Waals surface area contributed by atoms with Crippen LogP contribution >= 0.6 is 0 Å². The van der Waals surface area contributed by atoms with Gasteiger partial charge in [0.25, 0.3) is 0 Å². The van der Waals surface area contributed by atoms with E-state index in [0.29, 0.717) is 6.04 Å². The van der Waals surface area contributed by atoms with Gasteiger partial charge in [0.1, 0.15) is 0 Å². The first-order valence-electron chi connectivity index (χ1n) is 8.23. The van der Waals surface area contributed by atoms with Crippen LogP contribution in [-0.2, 0) is 6.42 Å². The van der Waals surface area contributed by atoms with E-state index in [1.54, 1.807) is 0 Å². The van der Waals surface area contributed by atoms with E-state index < -0.39 is 0 Å². The zero-order valence-corrected chi connectivity index (χ0v) is 13.7. The van der Waals surface area contributed by atoms with Gasteiger partial charge in [-0.25, -0.2) is 0 Å². The predicted molar refractivity (Wildman–Crippen MR) is 85.9 cm³/mol. The Morgan fingerprint density at radius 1 is 1.05 bits per heavy atom. The molecule has 0 spiro atoms. The highest BCUT2D eigenvalue weighted by atomic mass is 15.1. The molecule has 114 valence electrons. The predicted octanol–water partition coefficient (Wildman–Crippen LogP) is 4.36. The number of aromatic nitrogens is 2. The van der Waals surface area contributed by atoms with Crippen molar-refractivity contribution >= 4 is 0 Å². The Labute approximate surface area is 124 Å². The fourth-order valence-electron chi connectivity index (χ4n) is 2.69. The number of hydrogen-bond acceptors (Lipinski definition) is 3. The lowest BCUT2D eigenvalue weighted by molar-refractivity contribution is 0.492. The zero-order valence-electron chi connectivity index (χ0n) is 13.7. The average molecular weight is 277 g/mol. The molecule has 0 aliphatic heterocycles. The third kappa shape index (κ3) is 5.58. The van der Waals surface area contributed by atoms with Crippen molar-refractivity contribution in [1.29, 1.82) is 0 Å². The molecule has 1 heterocycles. The average Bonchev–Trinajstić information content (AvgIpc) is 2.46. The summed E-state index contributed by atoms with van der Waals surface area (Å²) in [6.45, 7) is 6.44.